The Morgan fingerprint density at radius 1 is 0.861 bits per heavy atom. The van der Waals surface area contributed by atoms with Gasteiger partial charge in [-0.3, -0.25) is 9.59 Å². The second kappa shape index (κ2) is 11.9. The Morgan fingerprint density at radius 2 is 1.53 bits per heavy atom. The lowest BCUT2D eigenvalue weighted by Gasteiger charge is -2.05. The molecular weight excluding hydrogens is 476 g/mol. The maximum absolute atomic E-state index is 12.6. The molecule has 1 amide bonds. The molecule has 0 fully saturated rings. The molecule has 4 aromatic rings. The zero-order valence-corrected chi connectivity index (χ0v) is 20.2. The van der Waals surface area contributed by atoms with E-state index >= 15 is 0 Å². The Kier molecular flexibility index (Phi) is 8.20. The molecule has 3 aromatic carbocycles. The second-order valence-electron chi connectivity index (χ2n) is 8.00. The molecule has 0 aliphatic heterocycles. The van der Waals surface area contributed by atoms with Crippen molar-refractivity contribution in [3.8, 4) is 17.0 Å². The first kappa shape index (κ1) is 24.8. The summed E-state index contributed by atoms with van der Waals surface area (Å²) in [5.74, 6) is -1.20. The van der Waals surface area contributed by atoms with Crippen LogP contribution in [0.4, 0.5) is 5.13 Å². The fraction of sp³-hybridized carbons (Fsp3) is 0.143. The third kappa shape index (κ3) is 6.86. The molecule has 4 rings (SSSR count). The summed E-state index contributed by atoms with van der Waals surface area (Å²) in [7, 11) is 0. The summed E-state index contributed by atoms with van der Waals surface area (Å²) in [5.41, 5.74) is 3.39. The van der Waals surface area contributed by atoms with Crippen molar-refractivity contribution in [2.75, 3.05) is 11.9 Å². The number of amides is 1. The van der Waals surface area contributed by atoms with Crippen LogP contribution in [0.1, 0.15) is 33.6 Å². The van der Waals surface area contributed by atoms with Gasteiger partial charge in [-0.05, 0) is 29.8 Å². The number of ketones is 1. The maximum atomic E-state index is 12.6. The van der Waals surface area contributed by atoms with Crippen LogP contribution in [-0.2, 0) is 16.0 Å². The van der Waals surface area contributed by atoms with Crippen LogP contribution in [0, 0.1) is 0 Å². The van der Waals surface area contributed by atoms with E-state index in [1.54, 1.807) is 12.1 Å². The van der Waals surface area contributed by atoms with E-state index in [2.05, 4.69) is 22.4 Å². The number of aliphatic carboxylic acids is 1. The van der Waals surface area contributed by atoms with Crippen LogP contribution in [0.2, 0.25) is 0 Å². The monoisotopic (exact) mass is 500 g/mol. The van der Waals surface area contributed by atoms with Gasteiger partial charge < -0.3 is 15.2 Å². The molecule has 7 nitrogen and oxygen atoms in total. The minimum Gasteiger partial charge on any atom is -0.482 e. The van der Waals surface area contributed by atoms with Crippen LogP contribution < -0.4 is 10.1 Å². The SMILES string of the molecule is O=C(O)COc1ccc(C(=O)CCC(=O)Nc2nc(-c3ccccc3)c(Cc3ccccc3)s2)cc1. The minimum absolute atomic E-state index is 0.0182. The van der Waals surface area contributed by atoms with E-state index in [9.17, 15) is 14.4 Å². The van der Waals surface area contributed by atoms with Gasteiger partial charge in [0.15, 0.2) is 17.5 Å². The zero-order valence-electron chi connectivity index (χ0n) is 19.3. The second-order valence-corrected chi connectivity index (χ2v) is 9.08. The molecule has 36 heavy (non-hydrogen) atoms. The highest BCUT2D eigenvalue weighted by atomic mass is 32.1. The number of Topliss-reactive ketones (excluding diaryl/α,β-unsaturated/α-hetero) is 1. The van der Waals surface area contributed by atoms with Gasteiger partial charge in [-0.2, -0.15) is 0 Å². The number of carbonyl (C=O) groups is 3. The van der Waals surface area contributed by atoms with Gasteiger partial charge in [-0.25, -0.2) is 9.78 Å². The van der Waals surface area contributed by atoms with Crippen LogP contribution in [0.5, 0.6) is 5.75 Å². The predicted molar refractivity (Wildman–Crippen MR) is 139 cm³/mol. The third-order valence-corrected chi connectivity index (χ3v) is 6.29. The van der Waals surface area contributed by atoms with Gasteiger partial charge in [0.2, 0.25) is 5.91 Å². The van der Waals surface area contributed by atoms with Crippen molar-refractivity contribution in [3.63, 3.8) is 0 Å². The number of rotatable bonds is 11. The van der Waals surface area contributed by atoms with E-state index in [4.69, 9.17) is 9.84 Å². The van der Waals surface area contributed by atoms with Gasteiger partial charge in [-0.1, -0.05) is 60.7 Å². The van der Waals surface area contributed by atoms with Crippen molar-refractivity contribution < 1.29 is 24.2 Å². The fourth-order valence-corrected chi connectivity index (χ4v) is 4.60. The summed E-state index contributed by atoms with van der Waals surface area (Å²) < 4.78 is 5.07. The van der Waals surface area contributed by atoms with Crippen LogP contribution >= 0.6 is 11.3 Å². The molecule has 0 saturated heterocycles. The number of ether oxygens (including phenoxy) is 1. The van der Waals surface area contributed by atoms with Crippen LogP contribution in [0.3, 0.4) is 0 Å². The molecule has 0 aliphatic carbocycles. The number of aromatic nitrogens is 1. The molecule has 0 aliphatic rings. The number of anilines is 1. The van der Waals surface area contributed by atoms with Crippen molar-refractivity contribution in [1.29, 1.82) is 0 Å². The van der Waals surface area contributed by atoms with Crippen molar-refractivity contribution in [2.24, 2.45) is 0 Å². The largest absolute Gasteiger partial charge is 0.482 e. The van der Waals surface area contributed by atoms with E-state index in [1.807, 2.05) is 48.5 Å². The Hall–Kier alpha value is -4.30. The van der Waals surface area contributed by atoms with Crippen LogP contribution in [-0.4, -0.2) is 34.4 Å². The summed E-state index contributed by atoms with van der Waals surface area (Å²) in [4.78, 5) is 41.4. The lowest BCUT2D eigenvalue weighted by Crippen LogP contribution is -2.13. The van der Waals surface area contributed by atoms with Gasteiger partial charge in [0, 0.05) is 35.3 Å². The van der Waals surface area contributed by atoms with E-state index in [0.717, 1.165) is 21.7 Å². The van der Waals surface area contributed by atoms with E-state index in [-0.39, 0.29) is 24.5 Å². The lowest BCUT2D eigenvalue weighted by molar-refractivity contribution is -0.139. The van der Waals surface area contributed by atoms with Gasteiger partial charge in [0.1, 0.15) is 5.75 Å². The molecule has 182 valence electrons. The molecule has 1 aromatic heterocycles. The Balaban J connectivity index is 1.39. The van der Waals surface area contributed by atoms with Gasteiger partial charge in [0.05, 0.1) is 5.69 Å². The van der Waals surface area contributed by atoms with E-state index < -0.39 is 12.6 Å². The minimum atomic E-state index is -1.08. The summed E-state index contributed by atoms with van der Waals surface area (Å²) in [6.45, 7) is -0.455. The number of nitrogens with one attached hydrogen (secondary N) is 1. The molecule has 0 unspecified atom stereocenters. The number of carboxylic acid groups (broad SMARTS) is 1. The first-order chi connectivity index (χ1) is 17.5. The fourth-order valence-electron chi connectivity index (χ4n) is 3.56. The molecular formula is C28H24N2O5S. The molecule has 8 heteroatoms. The highest BCUT2D eigenvalue weighted by Gasteiger charge is 2.16. The smallest absolute Gasteiger partial charge is 0.341 e. The average Bonchev–Trinajstić information content (AvgIpc) is 3.29. The highest BCUT2D eigenvalue weighted by Crippen LogP contribution is 2.33. The summed E-state index contributed by atoms with van der Waals surface area (Å²) in [5, 5.41) is 12.0. The molecule has 0 radical (unpaired) electrons. The highest BCUT2D eigenvalue weighted by molar-refractivity contribution is 7.16. The number of nitrogens with zero attached hydrogens (tertiary/aromatic N) is 1. The Bertz CT molecular complexity index is 1340. The van der Waals surface area contributed by atoms with Crippen molar-refractivity contribution in [3.05, 3.63) is 101 Å². The number of thiazole rings is 1. The van der Waals surface area contributed by atoms with E-state index in [1.165, 1.54) is 23.5 Å². The number of hydrogen-bond acceptors (Lipinski definition) is 6. The van der Waals surface area contributed by atoms with Crippen LogP contribution in [0.25, 0.3) is 11.3 Å². The third-order valence-electron chi connectivity index (χ3n) is 5.32. The number of hydrogen-bond donors (Lipinski definition) is 2. The molecule has 1 heterocycles. The lowest BCUT2D eigenvalue weighted by atomic mass is 10.1. The van der Waals surface area contributed by atoms with Gasteiger partial charge >= 0.3 is 5.97 Å². The molecule has 0 bridgehead atoms. The normalized spacial score (nSPS) is 10.6. The number of carboxylic acids is 1. The average molecular weight is 501 g/mol. The molecule has 0 spiro atoms. The molecule has 0 atom stereocenters. The number of carbonyl (C=O) groups excluding carboxylic acids is 2. The Morgan fingerprint density at radius 3 is 2.19 bits per heavy atom. The van der Waals surface area contributed by atoms with Crippen molar-refractivity contribution in [1.82, 2.24) is 4.98 Å². The first-order valence-electron chi connectivity index (χ1n) is 11.3. The zero-order chi connectivity index (χ0) is 25.3. The standard InChI is InChI=1S/C28H24N2O5S/c31-23(20-11-13-22(14-12-20)35-18-26(33)34)15-16-25(32)29-28-30-27(21-9-5-2-6-10-21)24(36-28)17-19-7-3-1-4-8-19/h1-14H,15-18H2,(H,33,34)(H,29,30,32). The van der Waals surface area contributed by atoms with Gasteiger partial charge in [-0.15, -0.1) is 11.3 Å². The maximum Gasteiger partial charge on any atom is 0.341 e. The van der Waals surface area contributed by atoms with E-state index in [0.29, 0.717) is 22.9 Å². The van der Waals surface area contributed by atoms with Gasteiger partial charge in [0.25, 0.3) is 0 Å². The molecule has 0 saturated carbocycles. The molecule has 2 N–H and O–H groups in total. The number of benzene rings is 3. The summed E-state index contributed by atoms with van der Waals surface area (Å²) in [6.07, 6.45) is 0.753. The summed E-state index contributed by atoms with van der Waals surface area (Å²) >= 11 is 1.43. The van der Waals surface area contributed by atoms with Crippen molar-refractivity contribution >= 4 is 34.1 Å². The topological polar surface area (TPSA) is 106 Å². The van der Waals surface area contributed by atoms with Crippen molar-refractivity contribution in [2.45, 2.75) is 19.3 Å². The van der Waals surface area contributed by atoms with Crippen LogP contribution in [0.15, 0.2) is 84.9 Å². The summed E-state index contributed by atoms with van der Waals surface area (Å²) in [6, 6.07) is 26.1. The predicted octanol–water partition coefficient (Wildman–Crippen LogP) is 5.47. The first-order valence-corrected chi connectivity index (χ1v) is 12.2. The Labute approximate surface area is 212 Å². The quantitative estimate of drug-likeness (QED) is 0.265.